The van der Waals surface area contributed by atoms with Crippen LogP contribution in [-0.4, -0.2) is 44.7 Å². The number of hydrogen-bond acceptors (Lipinski definition) is 4. The van der Waals surface area contributed by atoms with Crippen LogP contribution in [0.3, 0.4) is 0 Å². The van der Waals surface area contributed by atoms with Gasteiger partial charge in [0.25, 0.3) is 5.91 Å². The van der Waals surface area contributed by atoms with Crippen molar-refractivity contribution < 1.29 is 14.3 Å². The Labute approximate surface area is 126 Å². The van der Waals surface area contributed by atoms with Crippen molar-refractivity contribution in [3.8, 4) is 11.5 Å². The Hall–Kier alpha value is -1.75. The number of hydrogen-bond donors (Lipinski definition) is 1. The molecule has 1 aliphatic rings. The Morgan fingerprint density at radius 3 is 2.29 bits per heavy atom. The van der Waals surface area contributed by atoms with Gasteiger partial charge in [-0.1, -0.05) is 6.07 Å². The maximum atomic E-state index is 12.8. The maximum absolute atomic E-state index is 12.8. The van der Waals surface area contributed by atoms with Gasteiger partial charge in [0, 0.05) is 13.1 Å². The number of carbonyl (C=O) groups excluding carboxylic acids is 1. The lowest BCUT2D eigenvalue weighted by atomic mass is 9.93. The summed E-state index contributed by atoms with van der Waals surface area (Å²) < 4.78 is 10.6. The van der Waals surface area contributed by atoms with E-state index in [2.05, 4.69) is 0 Å². The molecule has 2 N–H and O–H groups in total. The molecule has 0 bridgehead atoms. The number of carbonyl (C=O) groups is 1. The molecule has 21 heavy (non-hydrogen) atoms. The first-order valence-electron chi connectivity index (χ1n) is 7.41. The highest BCUT2D eigenvalue weighted by Gasteiger charge is 2.27. The molecule has 1 heterocycles. The third-order valence-electron chi connectivity index (χ3n) is 4.12. The lowest BCUT2D eigenvalue weighted by Gasteiger charge is -2.32. The van der Waals surface area contributed by atoms with E-state index in [9.17, 15) is 4.79 Å². The van der Waals surface area contributed by atoms with Gasteiger partial charge in [-0.25, -0.2) is 0 Å². The molecule has 1 aromatic carbocycles. The van der Waals surface area contributed by atoms with E-state index in [1.165, 1.54) is 0 Å². The van der Waals surface area contributed by atoms with Crippen LogP contribution in [0.2, 0.25) is 0 Å². The fraction of sp³-hybridized carbons (Fsp3) is 0.562. The molecule has 0 radical (unpaired) electrons. The Bertz CT molecular complexity index is 460. The van der Waals surface area contributed by atoms with Crippen molar-refractivity contribution in [1.82, 2.24) is 4.90 Å². The zero-order chi connectivity index (χ0) is 15.2. The van der Waals surface area contributed by atoms with E-state index in [0.29, 0.717) is 23.0 Å². The van der Waals surface area contributed by atoms with Crippen molar-refractivity contribution in [2.24, 2.45) is 11.7 Å². The molecule has 1 amide bonds. The van der Waals surface area contributed by atoms with Gasteiger partial charge in [-0.05, 0) is 43.9 Å². The Morgan fingerprint density at radius 1 is 1.24 bits per heavy atom. The molecule has 2 rings (SSSR count). The topological polar surface area (TPSA) is 64.8 Å². The molecule has 5 nitrogen and oxygen atoms in total. The summed E-state index contributed by atoms with van der Waals surface area (Å²) in [5.41, 5.74) is 6.12. The van der Waals surface area contributed by atoms with Crippen LogP contribution in [0.5, 0.6) is 11.5 Å². The van der Waals surface area contributed by atoms with E-state index in [1.807, 2.05) is 11.0 Å². The second-order valence-electron chi connectivity index (χ2n) is 5.35. The average Bonchev–Trinajstić information content (AvgIpc) is 2.54. The van der Waals surface area contributed by atoms with E-state index in [1.54, 1.807) is 26.4 Å². The molecule has 1 aliphatic heterocycles. The monoisotopic (exact) mass is 292 g/mol. The van der Waals surface area contributed by atoms with Crippen molar-refractivity contribution >= 4 is 5.91 Å². The standard InChI is InChI=1S/C16H24N2O3/c1-20-13-4-3-5-14(21-2)15(13)16(19)18-10-7-12(6-9-17)8-11-18/h3-5,12H,6-11,17H2,1-2H3. The summed E-state index contributed by atoms with van der Waals surface area (Å²) in [6.07, 6.45) is 3.07. The summed E-state index contributed by atoms with van der Waals surface area (Å²) >= 11 is 0. The van der Waals surface area contributed by atoms with Gasteiger partial charge in [0.1, 0.15) is 17.1 Å². The van der Waals surface area contributed by atoms with Crippen LogP contribution < -0.4 is 15.2 Å². The summed E-state index contributed by atoms with van der Waals surface area (Å²) in [5.74, 6) is 1.74. The quantitative estimate of drug-likeness (QED) is 0.900. The van der Waals surface area contributed by atoms with Gasteiger partial charge in [0.2, 0.25) is 0 Å². The summed E-state index contributed by atoms with van der Waals surface area (Å²) in [4.78, 5) is 14.6. The van der Waals surface area contributed by atoms with Crippen molar-refractivity contribution in [2.45, 2.75) is 19.3 Å². The number of piperidine rings is 1. The smallest absolute Gasteiger partial charge is 0.261 e. The molecular weight excluding hydrogens is 268 g/mol. The molecule has 0 aliphatic carbocycles. The zero-order valence-electron chi connectivity index (χ0n) is 12.8. The van der Waals surface area contributed by atoms with E-state index >= 15 is 0 Å². The van der Waals surface area contributed by atoms with E-state index in [-0.39, 0.29) is 5.91 Å². The first-order chi connectivity index (χ1) is 10.2. The summed E-state index contributed by atoms with van der Waals surface area (Å²) in [6.45, 7) is 2.26. The van der Waals surface area contributed by atoms with Gasteiger partial charge >= 0.3 is 0 Å². The number of ether oxygens (including phenoxy) is 2. The molecule has 0 aromatic heterocycles. The number of methoxy groups -OCH3 is 2. The predicted molar refractivity (Wildman–Crippen MR) is 81.8 cm³/mol. The molecule has 0 atom stereocenters. The Kier molecular flexibility index (Phi) is 5.44. The summed E-state index contributed by atoms with van der Waals surface area (Å²) in [5, 5.41) is 0. The van der Waals surface area contributed by atoms with Crippen molar-refractivity contribution in [1.29, 1.82) is 0 Å². The van der Waals surface area contributed by atoms with Crippen LogP contribution in [0.25, 0.3) is 0 Å². The largest absolute Gasteiger partial charge is 0.496 e. The Balaban J connectivity index is 2.14. The van der Waals surface area contributed by atoms with Crippen LogP contribution in [-0.2, 0) is 0 Å². The van der Waals surface area contributed by atoms with Crippen LogP contribution in [0.15, 0.2) is 18.2 Å². The van der Waals surface area contributed by atoms with Crippen molar-refractivity contribution in [2.75, 3.05) is 33.9 Å². The third-order valence-corrected chi connectivity index (χ3v) is 4.12. The highest BCUT2D eigenvalue weighted by atomic mass is 16.5. The van der Waals surface area contributed by atoms with Crippen LogP contribution in [0.1, 0.15) is 29.6 Å². The van der Waals surface area contributed by atoms with Gasteiger partial charge in [0.15, 0.2) is 0 Å². The number of amides is 1. The lowest BCUT2D eigenvalue weighted by Crippen LogP contribution is -2.39. The van der Waals surface area contributed by atoms with Crippen LogP contribution in [0, 0.1) is 5.92 Å². The molecular formula is C16H24N2O3. The van der Waals surface area contributed by atoms with Crippen LogP contribution >= 0.6 is 0 Å². The number of likely N-dealkylation sites (tertiary alicyclic amines) is 1. The molecule has 116 valence electrons. The molecule has 1 aromatic rings. The van der Waals surface area contributed by atoms with E-state index in [0.717, 1.165) is 38.9 Å². The Morgan fingerprint density at radius 2 is 1.81 bits per heavy atom. The normalized spacial score (nSPS) is 15.9. The molecule has 1 saturated heterocycles. The SMILES string of the molecule is COc1cccc(OC)c1C(=O)N1CCC(CCN)CC1. The highest BCUT2D eigenvalue weighted by molar-refractivity contribution is 5.99. The second-order valence-corrected chi connectivity index (χ2v) is 5.35. The molecule has 0 saturated carbocycles. The van der Waals surface area contributed by atoms with Crippen LogP contribution in [0.4, 0.5) is 0 Å². The molecule has 0 spiro atoms. The molecule has 5 heteroatoms. The van der Waals surface area contributed by atoms with Gasteiger partial charge < -0.3 is 20.1 Å². The fourth-order valence-electron chi connectivity index (χ4n) is 2.88. The zero-order valence-corrected chi connectivity index (χ0v) is 12.8. The predicted octanol–water partition coefficient (Wildman–Crippen LogP) is 1.90. The average molecular weight is 292 g/mol. The fourth-order valence-corrected chi connectivity index (χ4v) is 2.88. The number of rotatable bonds is 5. The van der Waals surface area contributed by atoms with E-state index in [4.69, 9.17) is 15.2 Å². The van der Waals surface area contributed by atoms with Gasteiger partial charge in [-0.3, -0.25) is 4.79 Å². The van der Waals surface area contributed by atoms with Gasteiger partial charge in [0.05, 0.1) is 14.2 Å². The van der Waals surface area contributed by atoms with Crippen molar-refractivity contribution in [3.63, 3.8) is 0 Å². The minimum absolute atomic E-state index is 0.0181. The lowest BCUT2D eigenvalue weighted by molar-refractivity contribution is 0.0681. The number of benzene rings is 1. The van der Waals surface area contributed by atoms with Gasteiger partial charge in [-0.15, -0.1) is 0 Å². The highest BCUT2D eigenvalue weighted by Crippen LogP contribution is 2.31. The van der Waals surface area contributed by atoms with Crippen molar-refractivity contribution in [3.05, 3.63) is 23.8 Å². The van der Waals surface area contributed by atoms with E-state index < -0.39 is 0 Å². The first kappa shape index (κ1) is 15.6. The number of nitrogens with two attached hydrogens (primary N) is 1. The minimum atomic E-state index is -0.0181. The minimum Gasteiger partial charge on any atom is -0.496 e. The number of nitrogens with zero attached hydrogens (tertiary/aromatic N) is 1. The van der Waals surface area contributed by atoms with Gasteiger partial charge in [-0.2, -0.15) is 0 Å². The first-order valence-corrected chi connectivity index (χ1v) is 7.41. The summed E-state index contributed by atoms with van der Waals surface area (Å²) in [6, 6.07) is 5.40. The maximum Gasteiger partial charge on any atom is 0.261 e. The molecule has 1 fully saturated rings. The third kappa shape index (κ3) is 3.47. The second kappa shape index (κ2) is 7.31. The molecule has 0 unspecified atom stereocenters. The summed E-state index contributed by atoms with van der Waals surface area (Å²) in [7, 11) is 3.14.